The molecule has 16 atom stereocenters. The zero-order chi connectivity index (χ0) is 68.4. The average molecular weight is 1280 g/mol. The predicted octanol–water partition coefficient (Wildman–Crippen LogP) is -5.43. The van der Waals surface area contributed by atoms with Crippen molar-refractivity contribution in [2.75, 3.05) is 19.7 Å². The summed E-state index contributed by atoms with van der Waals surface area (Å²) in [7, 11) is 0. The Hall–Kier alpha value is -8.07. The number of guanidine groups is 1. The summed E-state index contributed by atoms with van der Waals surface area (Å²) in [5.41, 5.74) is 22.6. The van der Waals surface area contributed by atoms with Gasteiger partial charge in [0, 0.05) is 6.54 Å². The number of nitrogens with zero attached hydrogens (tertiary/aromatic N) is 1. The van der Waals surface area contributed by atoms with Crippen LogP contribution in [0, 0.1) is 29.6 Å². The van der Waals surface area contributed by atoms with E-state index >= 15 is 4.79 Å². The molecular formula is C58H97N15O17. The van der Waals surface area contributed by atoms with Crippen molar-refractivity contribution in [3.8, 4) is 0 Å². The van der Waals surface area contributed by atoms with Crippen molar-refractivity contribution < 1.29 is 82.7 Å². The Morgan fingerprint density at radius 3 is 1.74 bits per heavy atom. The molecule has 11 amide bonds. The van der Waals surface area contributed by atoms with Crippen molar-refractivity contribution in [2.45, 2.75) is 200 Å². The fourth-order valence-electron chi connectivity index (χ4n) is 9.14. The number of aliphatic hydroxyl groups is 4. The first-order valence-corrected chi connectivity index (χ1v) is 30.1. The Balaban J connectivity index is 3.14. The molecule has 0 bridgehead atoms. The third-order valence-corrected chi connectivity index (χ3v) is 14.9. The highest BCUT2D eigenvalue weighted by atomic mass is 16.5. The molecule has 90 heavy (non-hydrogen) atoms. The normalized spacial score (nSPS) is 25.0. The minimum absolute atomic E-state index is 0.0466. The second-order valence-corrected chi connectivity index (χ2v) is 23.7. The Labute approximate surface area is 523 Å². The minimum atomic E-state index is -2.57. The lowest BCUT2D eigenvalue weighted by molar-refractivity contribution is -0.159. The molecule has 1 saturated heterocycles. The van der Waals surface area contributed by atoms with Crippen LogP contribution in [-0.4, -0.2) is 196 Å². The number of hydrogen-bond donors (Lipinski definition) is 18. The molecule has 2 rings (SSSR count). The maximum atomic E-state index is 15.3. The molecule has 32 nitrogen and oxygen atoms in total. The van der Waals surface area contributed by atoms with Gasteiger partial charge in [0.2, 0.25) is 65.0 Å². The van der Waals surface area contributed by atoms with Crippen molar-refractivity contribution in [1.82, 2.24) is 53.2 Å². The summed E-state index contributed by atoms with van der Waals surface area (Å²) < 4.78 is 5.92. The quantitative estimate of drug-likeness (QED) is 0.0210. The van der Waals surface area contributed by atoms with Crippen LogP contribution in [0.5, 0.6) is 0 Å². The van der Waals surface area contributed by atoms with Gasteiger partial charge in [-0.2, -0.15) is 0 Å². The second-order valence-electron chi connectivity index (χ2n) is 23.7. The van der Waals surface area contributed by atoms with Crippen molar-refractivity contribution in [3.63, 3.8) is 0 Å². The van der Waals surface area contributed by atoms with E-state index < -0.39 is 181 Å². The third kappa shape index (κ3) is 24.7. The number of nitrogens with two attached hydrogens (primary N) is 4. The molecule has 22 N–H and O–H groups in total. The van der Waals surface area contributed by atoms with E-state index in [9.17, 15) is 73.2 Å². The fourth-order valence-corrected chi connectivity index (χ4v) is 9.14. The van der Waals surface area contributed by atoms with E-state index in [0.29, 0.717) is 6.42 Å². The van der Waals surface area contributed by atoms with Crippen LogP contribution in [-0.2, 0) is 62.3 Å². The van der Waals surface area contributed by atoms with Gasteiger partial charge in [0.1, 0.15) is 48.3 Å². The number of esters is 1. The van der Waals surface area contributed by atoms with Gasteiger partial charge in [0.15, 0.2) is 24.2 Å². The number of hydrogen-bond acceptors (Lipinski definition) is 19. The average Bonchev–Trinajstić information content (AvgIpc) is 1.63. The van der Waals surface area contributed by atoms with Crippen LogP contribution in [0.4, 0.5) is 0 Å². The minimum Gasteiger partial charge on any atom is -0.453 e. The first-order valence-electron chi connectivity index (χ1n) is 30.1. The summed E-state index contributed by atoms with van der Waals surface area (Å²) in [4.78, 5) is 174. The zero-order valence-electron chi connectivity index (χ0n) is 53.1. The van der Waals surface area contributed by atoms with Crippen LogP contribution in [0.1, 0.15) is 126 Å². The van der Waals surface area contributed by atoms with Gasteiger partial charge in [-0.05, 0) is 67.8 Å². The summed E-state index contributed by atoms with van der Waals surface area (Å²) in [6.45, 7) is 15.2. The number of carbonyl (C=O) groups excluding carboxylic acids is 12. The maximum absolute atomic E-state index is 15.3. The first kappa shape index (κ1) is 78.0. The molecule has 1 aromatic rings. The molecule has 1 fully saturated rings. The monoisotopic (exact) mass is 1280 g/mol. The van der Waals surface area contributed by atoms with Gasteiger partial charge in [-0.3, -0.25) is 57.7 Å². The SMILES string of the molecule is CC[C@H](C)C1NC(=O)[C@@H](CCCN=C(N)N)NC(=O)[C@H](CC(C)C)NC(=O)[C@H]([C@H](O)C(C)C)NC(=O)[C@@H](NC(=O)[C@H](CC(C)C)NC(=O)[C@H](N)[C@@H](C)CC)[C@@H](c2ccccc2)OC(=O)[C@H](CO)NC(=O)[C@H]([C@H](O)C(N)=O)NC(=O)CNC(=O)C([C@H](C)O)NC1=O. The Kier molecular flexibility index (Phi) is 32.8. The number of amides is 11. The summed E-state index contributed by atoms with van der Waals surface area (Å²) in [6, 6.07) is -10.7. The first-order chi connectivity index (χ1) is 42.1. The fraction of sp³-hybridized carbons (Fsp3) is 0.672. The standard InChI is InChI=1S/C58H97N15O17/c1-12-29(9)38(59)51(83)66-35(23-27(5)6)50(82)73-43-46(32-18-15-14-16-19-32)90-57(89)36(25-74)68-55(87)42(45(78)47(60)79)69-37(76)24-64-52(84)40(31(11)75)71-53(85)39(30(10)13-2)70-48(80)33(20-17-21-63-58(61)62)65-49(81)34(22-26(3)4)67-54(86)41(72-56(43)88)44(77)28(7)8/h14-16,18-19,26-31,33-36,38-46,74-75,77-78H,12-13,17,20-25,59H2,1-11H3,(H2,60,79)(H,64,84)(H,65,81)(H,66,83)(H,67,86)(H,68,87)(H,69,76)(H,70,80)(H,71,85)(H,72,88)(H,73,82)(H4,61,62,63)/t29-,30-,31-,33+,34-,35-,36-,38+,39?,40?,41-,42-,43-,44+,45-,46+/m0/s1. The highest BCUT2D eigenvalue weighted by Gasteiger charge is 2.44. The van der Waals surface area contributed by atoms with E-state index in [1.807, 2.05) is 10.6 Å². The van der Waals surface area contributed by atoms with Crippen LogP contribution in [0.15, 0.2) is 35.3 Å². The lowest BCUT2D eigenvalue weighted by Gasteiger charge is -2.34. The van der Waals surface area contributed by atoms with Crippen LogP contribution in [0.2, 0.25) is 0 Å². The van der Waals surface area contributed by atoms with Gasteiger partial charge in [0.25, 0.3) is 0 Å². The van der Waals surface area contributed by atoms with E-state index in [1.165, 1.54) is 44.2 Å². The van der Waals surface area contributed by atoms with E-state index in [2.05, 4.69) is 47.5 Å². The topological polar surface area (TPSA) is 532 Å². The van der Waals surface area contributed by atoms with Gasteiger partial charge in [-0.15, -0.1) is 0 Å². The van der Waals surface area contributed by atoms with E-state index in [-0.39, 0.29) is 67.9 Å². The summed E-state index contributed by atoms with van der Waals surface area (Å²) in [5.74, 6) is -17.5. The largest absolute Gasteiger partial charge is 0.453 e. The molecule has 1 aliphatic heterocycles. The number of rotatable bonds is 23. The number of aliphatic imine (C=N–C) groups is 1. The highest BCUT2D eigenvalue weighted by molar-refractivity contribution is 6.00. The number of aliphatic hydroxyl groups excluding tert-OH is 4. The third-order valence-electron chi connectivity index (χ3n) is 14.9. The summed E-state index contributed by atoms with van der Waals surface area (Å²) in [6.07, 6.45) is -7.77. The molecule has 2 unspecified atom stereocenters. The summed E-state index contributed by atoms with van der Waals surface area (Å²) in [5, 5.41) is 68.1. The molecule has 0 saturated carbocycles. The number of primary amides is 1. The van der Waals surface area contributed by atoms with Gasteiger partial charge in [0.05, 0.1) is 31.4 Å². The molecule has 1 aliphatic rings. The van der Waals surface area contributed by atoms with Gasteiger partial charge >= 0.3 is 5.97 Å². The summed E-state index contributed by atoms with van der Waals surface area (Å²) >= 11 is 0. The number of carbonyl (C=O) groups is 12. The highest BCUT2D eigenvalue weighted by Crippen LogP contribution is 2.25. The Bertz CT molecular complexity index is 2640. The number of nitrogens with one attached hydrogen (secondary N) is 10. The van der Waals surface area contributed by atoms with Crippen LogP contribution in [0.25, 0.3) is 0 Å². The lowest BCUT2D eigenvalue weighted by Crippen LogP contribution is -2.64. The zero-order valence-corrected chi connectivity index (χ0v) is 53.1. The van der Waals surface area contributed by atoms with E-state index in [1.54, 1.807) is 55.4 Å². The van der Waals surface area contributed by atoms with Gasteiger partial charge in [-0.25, -0.2) is 4.79 Å². The van der Waals surface area contributed by atoms with Gasteiger partial charge in [-0.1, -0.05) is 112 Å². The van der Waals surface area contributed by atoms with Crippen molar-refractivity contribution in [3.05, 3.63) is 35.9 Å². The Morgan fingerprint density at radius 2 is 1.21 bits per heavy atom. The van der Waals surface area contributed by atoms with Gasteiger partial charge < -0.3 is 101 Å². The molecular weight excluding hydrogens is 1180 g/mol. The molecule has 1 aromatic carbocycles. The number of cyclic esters (lactones) is 1. The van der Waals surface area contributed by atoms with E-state index in [0.717, 1.165) is 6.92 Å². The van der Waals surface area contributed by atoms with Crippen LogP contribution >= 0.6 is 0 Å². The molecule has 0 spiro atoms. The van der Waals surface area contributed by atoms with Crippen molar-refractivity contribution >= 4 is 76.9 Å². The molecule has 506 valence electrons. The van der Waals surface area contributed by atoms with Crippen molar-refractivity contribution in [2.24, 2.45) is 57.5 Å². The van der Waals surface area contributed by atoms with Crippen LogP contribution < -0.4 is 76.1 Å². The number of ether oxygens (including phenoxy) is 1. The molecule has 0 aromatic heterocycles. The Morgan fingerprint density at radius 1 is 0.656 bits per heavy atom. The smallest absolute Gasteiger partial charge is 0.331 e. The maximum Gasteiger partial charge on any atom is 0.331 e. The van der Waals surface area contributed by atoms with Crippen LogP contribution in [0.3, 0.4) is 0 Å². The molecule has 0 radical (unpaired) electrons. The predicted molar refractivity (Wildman–Crippen MR) is 326 cm³/mol. The number of benzene rings is 1. The molecule has 0 aliphatic carbocycles. The van der Waals surface area contributed by atoms with Crippen molar-refractivity contribution in [1.29, 1.82) is 0 Å². The van der Waals surface area contributed by atoms with E-state index in [4.69, 9.17) is 27.7 Å². The lowest BCUT2D eigenvalue weighted by atomic mass is 9.95. The molecule has 1 heterocycles. The molecule has 32 heteroatoms. The second kappa shape index (κ2) is 37.8.